The summed E-state index contributed by atoms with van der Waals surface area (Å²) in [4.78, 5) is 2.60. The lowest BCUT2D eigenvalue weighted by Crippen LogP contribution is -2.44. The molecule has 0 radical (unpaired) electrons. The van der Waals surface area contributed by atoms with Gasteiger partial charge in [0.15, 0.2) is 0 Å². The maximum atomic E-state index is 10.1. The Balaban J connectivity index is 1.49. The van der Waals surface area contributed by atoms with Crippen molar-refractivity contribution in [2.75, 3.05) is 18.0 Å². The molecule has 3 heteroatoms. The van der Waals surface area contributed by atoms with Gasteiger partial charge in [0.1, 0.15) is 12.1 Å². The normalized spacial score (nSPS) is 17.4. The van der Waals surface area contributed by atoms with Gasteiger partial charge >= 0.3 is 0 Å². The summed E-state index contributed by atoms with van der Waals surface area (Å²) in [6, 6.07) is 21.7. The van der Waals surface area contributed by atoms with Gasteiger partial charge in [0, 0.05) is 40.3 Å². The number of hydrogen-bond acceptors (Lipinski definition) is 3. The fourth-order valence-electron chi connectivity index (χ4n) is 6.46. The van der Waals surface area contributed by atoms with Gasteiger partial charge in [-0.15, -0.1) is 0 Å². The SMILES string of the molecule is Cc1ccc2c(C#N)c3cc(/C=C\c4cc5c6c(c4)C(C)(C)CCN6CCC5(C)C)ccc3c(C#N)c2c1. The zero-order chi connectivity index (χ0) is 26.8. The average molecular weight is 496 g/mol. The second-order valence-electron chi connectivity index (χ2n) is 12.4. The number of nitrogens with zero attached hydrogens (tertiary/aromatic N) is 3. The van der Waals surface area contributed by atoms with Crippen LogP contribution in [0.3, 0.4) is 0 Å². The second kappa shape index (κ2) is 8.47. The lowest BCUT2D eigenvalue weighted by Gasteiger charge is -2.48. The molecule has 2 aliphatic heterocycles. The maximum absolute atomic E-state index is 10.1. The van der Waals surface area contributed by atoms with Crippen LogP contribution in [0.4, 0.5) is 5.69 Å². The van der Waals surface area contributed by atoms with E-state index in [1.54, 1.807) is 0 Å². The van der Waals surface area contributed by atoms with Crippen molar-refractivity contribution in [1.82, 2.24) is 0 Å². The highest BCUT2D eigenvalue weighted by Gasteiger charge is 2.39. The fourth-order valence-corrected chi connectivity index (χ4v) is 6.46. The highest BCUT2D eigenvalue weighted by Crippen LogP contribution is 2.49. The summed E-state index contributed by atoms with van der Waals surface area (Å²) in [7, 11) is 0. The Labute approximate surface area is 225 Å². The molecule has 4 aromatic rings. The molecule has 0 amide bonds. The highest BCUT2D eigenvalue weighted by atomic mass is 15.2. The van der Waals surface area contributed by atoms with Crippen LogP contribution in [0.5, 0.6) is 0 Å². The van der Waals surface area contributed by atoms with E-state index in [-0.39, 0.29) is 10.8 Å². The number of anilines is 1. The molecule has 2 aliphatic rings. The quantitative estimate of drug-likeness (QED) is 0.207. The van der Waals surface area contributed by atoms with Crippen molar-refractivity contribution in [3.63, 3.8) is 0 Å². The predicted molar refractivity (Wildman–Crippen MR) is 158 cm³/mol. The van der Waals surface area contributed by atoms with Crippen LogP contribution in [0.25, 0.3) is 33.7 Å². The molecule has 0 aromatic heterocycles. The molecule has 4 aromatic carbocycles. The minimum Gasteiger partial charge on any atom is -0.371 e. The van der Waals surface area contributed by atoms with E-state index >= 15 is 0 Å². The van der Waals surface area contributed by atoms with Gasteiger partial charge in [0.25, 0.3) is 0 Å². The van der Waals surface area contributed by atoms with Crippen LogP contribution in [0, 0.1) is 29.6 Å². The number of aryl methyl sites for hydroxylation is 1. The van der Waals surface area contributed by atoms with Crippen molar-refractivity contribution in [3.8, 4) is 12.1 Å². The first-order valence-electron chi connectivity index (χ1n) is 13.6. The highest BCUT2D eigenvalue weighted by molar-refractivity contribution is 6.10. The molecule has 3 nitrogen and oxygen atoms in total. The molecule has 0 atom stereocenters. The van der Waals surface area contributed by atoms with Gasteiger partial charge in [0.2, 0.25) is 0 Å². The van der Waals surface area contributed by atoms with E-state index in [1.165, 1.54) is 35.2 Å². The van der Waals surface area contributed by atoms with Crippen LogP contribution in [0.1, 0.15) is 79.5 Å². The van der Waals surface area contributed by atoms with Gasteiger partial charge in [-0.25, -0.2) is 0 Å². The van der Waals surface area contributed by atoms with Gasteiger partial charge in [-0.05, 0) is 71.0 Å². The Hall–Kier alpha value is -4.08. The molecule has 38 heavy (non-hydrogen) atoms. The van der Waals surface area contributed by atoms with Crippen molar-refractivity contribution >= 4 is 39.4 Å². The molecule has 0 saturated heterocycles. The number of hydrogen-bond donors (Lipinski definition) is 0. The molecule has 0 unspecified atom stereocenters. The van der Waals surface area contributed by atoms with E-state index in [4.69, 9.17) is 0 Å². The van der Waals surface area contributed by atoms with Crippen LogP contribution in [0.2, 0.25) is 0 Å². The largest absolute Gasteiger partial charge is 0.371 e. The lowest BCUT2D eigenvalue weighted by molar-refractivity contribution is 0.401. The van der Waals surface area contributed by atoms with E-state index in [0.29, 0.717) is 11.1 Å². The standard InChI is InChI=1S/C35H33N3/c1-22-6-10-25-27(16-22)29(20-36)26-11-9-23(17-28(26)30(25)21-37)7-8-24-18-31-33-32(19-24)35(4,5)13-15-38(33)14-12-34(31,2)3/h6-11,16-19H,12-15H2,1-5H3/b8-7-. The third kappa shape index (κ3) is 3.69. The van der Waals surface area contributed by atoms with Crippen LogP contribution in [-0.2, 0) is 10.8 Å². The number of nitriles is 2. The van der Waals surface area contributed by atoms with Crippen molar-refractivity contribution in [1.29, 1.82) is 10.5 Å². The first-order chi connectivity index (χ1) is 18.1. The number of fused-ring (bicyclic) bond motifs is 2. The molecule has 188 valence electrons. The Bertz CT molecular complexity index is 1710. The maximum Gasteiger partial charge on any atom is 0.100 e. The van der Waals surface area contributed by atoms with Gasteiger partial charge in [-0.1, -0.05) is 75.7 Å². The summed E-state index contributed by atoms with van der Waals surface area (Å²) >= 11 is 0. The van der Waals surface area contributed by atoms with Crippen molar-refractivity contribution < 1.29 is 0 Å². The minimum atomic E-state index is 0.148. The van der Waals surface area contributed by atoms with E-state index < -0.39 is 0 Å². The summed E-state index contributed by atoms with van der Waals surface area (Å²) < 4.78 is 0. The average Bonchev–Trinajstić information content (AvgIpc) is 2.89. The van der Waals surface area contributed by atoms with Crippen LogP contribution in [-0.4, -0.2) is 13.1 Å². The van der Waals surface area contributed by atoms with E-state index in [1.807, 2.05) is 31.2 Å². The molecule has 0 aliphatic carbocycles. The zero-order valence-electron chi connectivity index (χ0n) is 22.9. The molecule has 0 fully saturated rings. The van der Waals surface area contributed by atoms with Crippen LogP contribution in [0.15, 0.2) is 48.5 Å². The Morgan fingerprint density at radius 3 is 1.79 bits per heavy atom. The lowest BCUT2D eigenvalue weighted by atomic mass is 9.69. The molecule has 0 spiro atoms. The summed E-state index contributed by atoms with van der Waals surface area (Å²) in [6.07, 6.45) is 6.69. The van der Waals surface area contributed by atoms with Gasteiger partial charge in [0.05, 0.1) is 11.1 Å². The summed E-state index contributed by atoms with van der Waals surface area (Å²) in [5.41, 5.74) is 9.26. The Morgan fingerprint density at radius 2 is 1.21 bits per heavy atom. The van der Waals surface area contributed by atoms with Gasteiger partial charge in [-0.3, -0.25) is 0 Å². The summed E-state index contributed by atoms with van der Waals surface area (Å²) in [5.74, 6) is 0. The Morgan fingerprint density at radius 1 is 0.684 bits per heavy atom. The molecule has 0 saturated carbocycles. The first-order valence-corrected chi connectivity index (χ1v) is 13.6. The molecular weight excluding hydrogens is 462 g/mol. The number of rotatable bonds is 2. The number of benzene rings is 4. The summed E-state index contributed by atoms with van der Waals surface area (Å²) in [5, 5.41) is 23.5. The topological polar surface area (TPSA) is 50.8 Å². The summed E-state index contributed by atoms with van der Waals surface area (Å²) in [6.45, 7) is 13.8. The van der Waals surface area contributed by atoms with Crippen molar-refractivity contribution in [2.45, 2.75) is 58.3 Å². The smallest absolute Gasteiger partial charge is 0.100 e. The second-order valence-corrected chi connectivity index (χ2v) is 12.4. The Kier molecular flexibility index (Phi) is 5.41. The zero-order valence-corrected chi connectivity index (χ0v) is 22.9. The van der Waals surface area contributed by atoms with Gasteiger partial charge in [-0.2, -0.15) is 10.5 Å². The van der Waals surface area contributed by atoms with Crippen LogP contribution >= 0.6 is 0 Å². The third-order valence-corrected chi connectivity index (χ3v) is 8.91. The van der Waals surface area contributed by atoms with Crippen molar-refractivity contribution in [3.05, 3.63) is 87.5 Å². The molecular formula is C35H33N3. The predicted octanol–water partition coefficient (Wildman–Crippen LogP) is 8.38. The molecule has 0 bridgehead atoms. The van der Waals surface area contributed by atoms with Crippen LogP contribution < -0.4 is 4.90 Å². The monoisotopic (exact) mass is 495 g/mol. The fraction of sp³-hybridized carbons (Fsp3) is 0.314. The third-order valence-electron chi connectivity index (χ3n) is 8.91. The first kappa shape index (κ1) is 24.3. The van der Waals surface area contributed by atoms with Crippen molar-refractivity contribution in [2.24, 2.45) is 0 Å². The molecule has 0 N–H and O–H groups in total. The molecule has 2 heterocycles. The van der Waals surface area contributed by atoms with E-state index in [2.05, 4.69) is 81.2 Å². The molecule has 6 rings (SSSR count). The van der Waals surface area contributed by atoms with E-state index in [9.17, 15) is 10.5 Å². The van der Waals surface area contributed by atoms with Gasteiger partial charge < -0.3 is 4.90 Å². The van der Waals surface area contributed by atoms with E-state index in [0.717, 1.165) is 45.8 Å². The minimum absolute atomic E-state index is 0.148.